The van der Waals surface area contributed by atoms with E-state index in [1.165, 1.54) is 6.92 Å². The molecule has 0 aliphatic carbocycles. The average molecular weight is 802 g/mol. The molecule has 3 heterocycles. The van der Waals surface area contributed by atoms with Crippen molar-refractivity contribution in [1.82, 2.24) is 14.7 Å². The zero-order valence-electron chi connectivity index (χ0n) is 37.2. The first-order valence-corrected chi connectivity index (χ1v) is 21.1. The molecule has 0 spiro atoms. The molecule has 11 heteroatoms. The number of rotatable bonds is 14. The second-order valence-corrected chi connectivity index (χ2v) is 17.9. The Kier molecular flexibility index (Phi) is 13.4. The van der Waals surface area contributed by atoms with Gasteiger partial charge >= 0.3 is 5.97 Å². The third kappa shape index (κ3) is 8.59. The van der Waals surface area contributed by atoms with Crippen LogP contribution in [0.25, 0.3) is 0 Å². The third-order valence-corrected chi connectivity index (χ3v) is 12.2. The molecule has 1 N–H and O–H groups in total. The van der Waals surface area contributed by atoms with E-state index in [2.05, 4.69) is 83.5 Å². The molecule has 11 nitrogen and oxygen atoms in total. The number of hydrogen-bond donors (Lipinski definition) is 1. The van der Waals surface area contributed by atoms with E-state index in [1.54, 1.807) is 21.3 Å². The summed E-state index contributed by atoms with van der Waals surface area (Å²) in [6.45, 7) is 17.3. The summed E-state index contributed by atoms with van der Waals surface area (Å²) in [7, 11) is 11.2. The molecule has 3 aromatic rings. The number of methoxy groups -OCH3 is 3. The van der Waals surface area contributed by atoms with Crippen LogP contribution in [0.4, 0.5) is 0 Å². The topological polar surface area (TPSA) is 102 Å². The van der Waals surface area contributed by atoms with Crippen LogP contribution in [0.2, 0.25) is 0 Å². The van der Waals surface area contributed by atoms with Crippen molar-refractivity contribution in [3.8, 4) is 51.7 Å². The fourth-order valence-electron chi connectivity index (χ4n) is 9.33. The number of fused-ring (bicyclic) bond motifs is 3. The van der Waals surface area contributed by atoms with Crippen molar-refractivity contribution in [3.05, 3.63) is 51.6 Å². The summed E-state index contributed by atoms with van der Waals surface area (Å²) in [5.74, 6) is 3.58. The Labute approximate surface area is 346 Å². The van der Waals surface area contributed by atoms with E-state index < -0.39 is 5.97 Å². The Bertz CT molecular complexity index is 1980. The number of phenolic OH excluding ortho intramolecular Hbond substituents is 1. The second kappa shape index (κ2) is 18.0. The summed E-state index contributed by atoms with van der Waals surface area (Å²) in [6, 6.07) is 5.99. The molecular formula is C47H67N3O8. The number of carbonyl (C=O) groups excluding carboxylic acids is 1. The van der Waals surface area contributed by atoms with Gasteiger partial charge in [0.1, 0.15) is 0 Å². The maximum absolute atomic E-state index is 12.9. The summed E-state index contributed by atoms with van der Waals surface area (Å²) in [6.07, 6.45) is 4.88. The van der Waals surface area contributed by atoms with Crippen molar-refractivity contribution in [3.63, 3.8) is 0 Å². The van der Waals surface area contributed by atoms with Gasteiger partial charge in [-0.1, -0.05) is 41.5 Å². The van der Waals surface area contributed by atoms with Crippen LogP contribution < -0.4 is 28.4 Å². The van der Waals surface area contributed by atoms with Crippen molar-refractivity contribution in [1.29, 1.82) is 0 Å². The predicted octanol–water partition coefficient (Wildman–Crippen LogP) is 9.65. The highest BCUT2D eigenvalue weighted by Gasteiger charge is 2.39. The molecule has 0 aromatic heterocycles. The fourth-order valence-corrected chi connectivity index (χ4v) is 9.33. The highest BCUT2D eigenvalue weighted by molar-refractivity contribution is 5.75. The molecule has 0 radical (unpaired) electrons. The number of benzene rings is 3. The third-order valence-electron chi connectivity index (χ3n) is 12.2. The molecule has 58 heavy (non-hydrogen) atoms. The highest BCUT2D eigenvalue weighted by atomic mass is 16.6. The minimum atomic E-state index is -0.496. The van der Waals surface area contributed by atoms with Gasteiger partial charge in [0.25, 0.3) is 0 Å². The quantitative estimate of drug-likeness (QED) is 0.125. The summed E-state index contributed by atoms with van der Waals surface area (Å²) in [5.41, 5.74) is 5.98. The van der Waals surface area contributed by atoms with Gasteiger partial charge in [0.15, 0.2) is 34.5 Å². The molecule has 3 atom stereocenters. The lowest BCUT2D eigenvalue weighted by molar-refractivity contribution is -0.132. The first-order valence-electron chi connectivity index (χ1n) is 21.1. The van der Waals surface area contributed by atoms with E-state index >= 15 is 0 Å². The Morgan fingerprint density at radius 3 is 1.33 bits per heavy atom. The normalized spacial score (nSPS) is 19.8. The fraction of sp³-hybridized carbons (Fsp3) is 0.596. The van der Waals surface area contributed by atoms with Gasteiger partial charge < -0.3 is 33.5 Å². The maximum atomic E-state index is 12.9. The van der Waals surface area contributed by atoms with Gasteiger partial charge in [-0.2, -0.15) is 0 Å². The molecule has 0 saturated heterocycles. The largest absolute Gasteiger partial charge is 0.504 e. The van der Waals surface area contributed by atoms with Crippen molar-refractivity contribution in [2.75, 3.05) is 62.1 Å². The molecule has 0 fully saturated rings. The van der Waals surface area contributed by atoms with E-state index in [-0.39, 0.29) is 35.4 Å². The standard InChI is InChI=1S/C47H67N3O8/c1-26(2)20-33-39-30(14-17-48(33)8)23-36(53-11)43(42(39)52)57-47-41-32(16-19-50(10)35(41)22-28(5)6)25-38(55-13)45(47)58-46-40-31(15-18-49(9)34(40)21-27(3)4)24-37(54-12)44(46)56-29(7)51/h23-28,33-35,52H,14-22H2,1-13H3/t33-,34+,35+/m0/s1. The first kappa shape index (κ1) is 43.4. The number of esters is 1. The van der Waals surface area contributed by atoms with E-state index in [1.807, 2.05) is 12.1 Å². The van der Waals surface area contributed by atoms with Crippen LogP contribution in [-0.4, -0.2) is 87.9 Å². The molecule has 6 rings (SSSR count). The lowest BCUT2D eigenvalue weighted by Gasteiger charge is -2.39. The van der Waals surface area contributed by atoms with Gasteiger partial charge in [-0.25, -0.2) is 0 Å². The molecule has 0 bridgehead atoms. The van der Waals surface area contributed by atoms with E-state index in [0.29, 0.717) is 52.3 Å². The molecule has 318 valence electrons. The van der Waals surface area contributed by atoms with Gasteiger partial charge in [0, 0.05) is 61.4 Å². The lowest BCUT2D eigenvalue weighted by Crippen LogP contribution is -2.34. The Morgan fingerprint density at radius 1 is 0.586 bits per heavy atom. The Morgan fingerprint density at radius 2 is 0.931 bits per heavy atom. The van der Waals surface area contributed by atoms with E-state index in [0.717, 1.165) is 91.5 Å². The lowest BCUT2D eigenvalue weighted by atomic mass is 9.85. The minimum absolute atomic E-state index is 0.00347. The van der Waals surface area contributed by atoms with Gasteiger partial charge in [-0.15, -0.1) is 0 Å². The predicted molar refractivity (Wildman–Crippen MR) is 228 cm³/mol. The van der Waals surface area contributed by atoms with Gasteiger partial charge in [-0.3, -0.25) is 19.5 Å². The number of carbonyl (C=O) groups is 1. The summed E-state index contributed by atoms with van der Waals surface area (Å²) in [5, 5.41) is 12.5. The van der Waals surface area contributed by atoms with E-state index in [9.17, 15) is 9.90 Å². The minimum Gasteiger partial charge on any atom is -0.504 e. The van der Waals surface area contributed by atoms with Crippen LogP contribution in [0.5, 0.6) is 51.7 Å². The van der Waals surface area contributed by atoms with Gasteiger partial charge in [0.05, 0.1) is 21.3 Å². The van der Waals surface area contributed by atoms with Crippen molar-refractivity contribution >= 4 is 5.97 Å². The van der Waals surface area contributed by atoms with Crippen LogP contribution in [0, 0.1) is 17.8 Å². The second-order valence-electron chi connectivity index (χ2n) is 17.9. The highest BCUT2D eigenvalue weighted by Crippen LogP contribution is 2.58. The van der Waals surface area contributed by atoms with Crippen LogP contribution in [-0.2, 0) is 24.1 Å². The maximum Gasteiger partial charge on any atom is 0.308 e. The van der Waals surface area contributed by atoms with Crippen LogP contribution in [0.3, 0.4) is 0 Å². The Balaban J connectivity index is 1.68. The van der Waals surface area contributed by atoms with Gasteiger partial charge in [-0.05, 0) is 112 Å². The van der Waals surface area contributed by atoms with E-state index in [4.69, 9.17) is 28.4 Å². The monoisotopic (exact) mass is 801 g/mol. The molecular weight excluding hydrogens is 735 g/mol. The number of aromatic hydroxyl groups is 1. The summed E-state index contributed by atoms with van der Waals surface area (Å²) in [4.78, 5) is 19.9. The van der Waals surface area contributed by atoms with Crippen LogP contribution in [0.15, 0.2) is 18.2 Å². The Hall–Kier alpha value is -4.19. The van der Waals surface area contributed by atoms with Gasteiger partial charge in [0.2, 0.25) is 17.2 Å². The molecule has 0 unspecified atom stereocenters. The summed E-state index contributed by atoms with van der Waals surface area (Å²) < 4.78 is 38.8. The summed E-state index contributed by atoms with van der Waals surface area (Å²) >= 11 is 0. The van der Waals surface area contributed by atoms with Crippen LogP contribution >= 0.6 is 0 Å². The molecule has 3 aliphatic rings. The molecule has 3 aromatic carbocycles. The molecule has 0 saturated carbocycles. The number of nitrogens with zero attached hydrogens (tertiary/aromatic N) is 3. The SMILES string of the molecule is COc1cc2c(c(O)c1Oc1c(Oc3c(OC(C)=O)c(OC)cc4c3[C@@H](CC(C)C)N(C)CC4)c(OC)cc3c1[C@@H](CC(C)C)N(C)CC3)[C@H](CC(C)C)N(C)CC2. The smallest absolute Gasteiger partial charge is 0.308 e. The van der Waals surface area contributed by atoms with Crippen molar-refractivity contribution in [2.24, 2.45) is 17.8 Å². The average Bonchev–Trinajstić information content (AvgIpc) is 3.16. The number of likely N-dealkylation sites (N-methyl/N-ethyl adjacent to an activating group) is 3. The first-order chi connectivity index (χ1) is 27.6. The zero-order valence-corrected chi connectivity index (χ0v) is 37.2. The molecule has 0 amide bonds. The van der Waals surface area contributed by atoms with Crippen molar-refractivity contribution < 1.29 is 38.3 Å². The zero-order chi connectivity index (χ0) is 42.2. The number of phenols is 1. The van der Waals surface area contributed by atoms with Crippen LogP contribution in [0.1, 0.15) is 119 Å². The van der Waals surface area contributed by atoms with Crippen molar-refractivity contribution in [2.45, 2.75) is 105 Å². The number of ether oxygens (including phenoxy) is 6. The number of hydrogen-bond acceptors (Lipinski definition) is 11. The molecule has 3 aliphatic heterocycles.